The highest BCUT2D eigenvalue weighted by molar-refractivity contribution is 8.00. The molecular weight excluding hydrogens is 424 g/mol. The topological polar surface area (TPSA) is 115 Å². The fourth-order valence-corrected chi connectivity index (χ4v) is 6.03. The normalized spacial score (nSPS) is 17.1. The Bertz CT molecular complexity index is 950. The van der Waals surface area contributed by atoms with E-state index in [-0.39, 0.29) is 5.91 Å². The quantitative estimate of drug-likeness (QED) is 0.619. The van der Waals surface area contributed by atoms with Crippen LogP contribution in [-0.4, -0.2) is 58.1 Å². The molecule has 0 spiro atoms. The van der Waals surface area contributed by atoms with Crippen LogP contribution in [0.1, 0.15) is 41.1 Å². The lowest BCUT2D eigenvalue weighted by molar-refractivity contribution is -0.115. The van der Waals surface area contributed by atoms with Crippen LogP contribution in [0.4, 0.5) is 10.9 Å². The summed E-state index contributed by atoms with van der Waals surface area (Å²) < 4.78 is 7.44. The molecule has 1 unspecified atom stereocenters. The van der Waals surface area contributed by atoms with Crippen LogP contribution in [0.15, 0.2) is 5.16 Å². The molecule has 0 aromatic carbocycles. The van der Waals surface area contributed by atoms with Crippen molar-refractivity contribution in [2.75, 3.05) is 36.5 Å². The van der Waals surface area contributed by atoms with Gasteiger partial charge in [-0.25, -0.2) is 0 Å². The first kappa shape index (κ1) is 21.1. The van der Waals surface area contributed by atoms with Gasteiger partial charge in [0.25, 0.3) is 5.91 Å². The Hall–Kier alpha value is -2.11. The molecule has 162 valence electrons. The van der Waals surface area contributed by atoms with Gasteiger partial charge in [-0.15, -0.1) is 21.5 Å². The van der Waals surface area contributed by atoms with Crippen molar-refractivity contribution in [3.63, 3.8) is 0 Å². The minimum absolute atomic E-state index is 0.180. The number of aromatic nitrogens is 3. The van der Waals surface area contributed by atoms with Gasteiger partial charge in [-0.05, 0) is 38.7 Å². The third-order valence-electron chi connectivity index (χ3n) is 5.36. The van der Waals surface area contributed by atoms with E-state index in [0.717, 1.165) is 48.7 Å². The summed E-state index contributed by atoms with van der Waals surface area (Å²) >= 11 is 2.83. The summed E-state index contributed by atoms with van der Waals surface area (Å²) in [6.07, 6.45) is 2.80. The summed E-state index contributed by atoms with van der Waals surface area (Å²) in [5.74, 6) is 0.147. The van der Waals surface area contributed by atoms with E-state index in [9.17, 15) is 9.59 Å². The number of ether oxygens (including phenoxy) is 1. The highest BCUT2D eigenvalue weighted by Gasteiger charge is 2.28. The lowest BCUT2D eigenvalue weighted by Crippen LogP contribution is -2.38. The number of rotatable bonds is 7. The lowest BCUT2D eigenvalue weighted by Gasteiger charge is -2.27. The van der Waals surface area contributed by atoms with Crippen molar-refractivity contribution in [2.24, 2.45) is 5.73 Å². The Labute approximate surface area is 183 Å². The summed E-state index contributed by atoms with van der Waals surface area (Å²) in [5.41, 5.74) is 7.08. The van der Waals surface area contributed by atoms with Crippen LogP contribution in [0.5, 0.6) is 0 Å². The average molecular weight is 451 g/mol. The number of fused-ring (bicyclic) bond motifs is 1. The van der Waals surface area contributed by atoms with Crippen molar-refractivity contribution < 1.29 is 14.3 Å². The van der Waals surface area contributed by atoms with Gasteiger partial charge in [0.15, 0.2) is 5.16 Å². The third kappa shape index (κ3) is 4.06. The minimum atomic E-state index is -0.481. The first-order valence-electron chi connectivity index (χ1n) is 10.2. The number of amides is 2. The van der Waals surface area contributed by atoms with Crippen molar-refractivity contribution in [1.29, 1.82) is 0 Å². The second-order valence-corrected chi connectivity index (χ2v) is 9.71. The molecule has 1 aliphatic carbocycles. The van der Waals surface area contributed by atoms with Gasteiger partial charge >= 0.3 is 0 Å². The SMILES string of the molecule is CCn1c(SC(C)C(=O)Nc2sc3c(c2C(N)=O)CCC3)nnc1N1CCOCC1. The van der Waals surface area contributed by atoms with Crippen molar-refractivity contribution in [3.05, 3.63) is 16.0 Å². The molecule has 0 bridgehead atoms. The number of hydrogen-bond donors (Lipinski definition) is 2. The maximum Gasteiger partial charge on any atom is 0.251 e. The highest BCUT2D eigenvalue weighted by atomic mass is 32.2. The molecule has 9 nitrogen and oxygen atoms in total. The number of thiophene rings is 1. The van der Waals surface area contributed by atoms with E-state index in [1.165, 1.54) is 23.1 Å². The molecule has 1 atom stereocenters. The van der Waals surface area contributed by atoms with Gasteiger partial charge in [0, 0.05) is 24.5 Å². The number of hydrogen-bond acceptors (Lipinski definition) is 8. The number of nitrogens with two attached hydrogens (primary N) is 1. The number of carbonyl (C=O) groups is 2. The van der Waals surface area contributed by atoms with Gasteiger partial charge in [0.05, 0.1) is 24.0 Å². The van der Waals surface area contributed by atoms with Gasteiger partial charge in [-0.1, -0.05) is 11.8 Å². The monoisotopic (exact) mass is 450 g/mol. The Morgan fingerprint density at radius 3 is 2.77 bits per heavy atom. The molecule has 2 aromatic rings. The molecule has 2 aromatic heterocycles. The minimum Gasteiger partial charge on any atom is -0.378 e. The molecule has 0 saturated carbocycles. The summed E-state index contributed by atoms with van der Waals surface area (Å²) in [4.78, 5) is 28.1. The molecule has 2 aliphatic rings. The third-order valence-corrected chi connectivity index (χ3v) is 7.65. The number of nitrogens with zero attached hydrogens (tertiary/aromatic N) is 4. The fraction of sp³-hybridized carbons (Fsp3) is 0.579. The van der Waals surface area contributed by atoms with Crippen molar-refractivity contribution in [1.82, 2.24) is 14.8 Å². The molecular formula is C19H26N6O3S2. The van der Waals surface area contributed by atoms with Gasteiger partial charge < -0.3 is 20.7 Å². The van der Waals surface area contributed by atoms with Crippen LogP contribution < -0.4 is 16.0 Å². The van der Waals surface area contributed by atoms with Crippen molar-refractivity contribution in [3.8, 4) is 0 Å². The van der Waals surface area contributed by atoms with Crippen molar-refractivity contribution in [2.45, 2.75) is 50.1 Å². The van der Waals surface area contributed by atoms with Gasteiger partial charge in [0.2, 0.25) is 11.9 Å². The van der Waals surface area contributed by atoms with Crippen molar-refractivity contribution >= 4 is 45.9 Å². The first-order valence-corrected chi connectivity index (χ1v) is 11.9. The van der Waals surface area contributed by atoms with Crippen LogP contribution in [0.3, 0.4) is 0 Å². The van der Waals surface area contributed by atoms with E-state index in [2.05, 4.69) is 20.4 Å². The smallest absolute Gasteiger partial charge is 0.251 e. The molecule has 3 heterocycles. The predicted octanol–water partition coefficient (Wildman–Crippen LogP) is 1.90. The van der Waals surface area contributed by atoms with E-state index in [0.29, 0.717) is 35.5 Å². The van der Waals surface area contributed by atoms with Crippen LogP contribution in [-0.2, 0) is 28.9 Å². The van der Waals surface area contributed by atoms with Gasteiger partial charge in [0.1, 0.15) is 5.00 Å². The zero-order chi connectivity index (χ0) is 21.3. The number of morpholine rings is 1. The Kier molecular flexibility index (Phi) is 6.30. The molecule has 1 aliphatic heterocycles. The number of carbonyl (C=O) groups excluding carboxylic acids is 2. The molecule has 11 heteroatoms. The van der Waals surface area contributed by atoms with Crippen LogP contribution in [0.2, 0.25) is 0 Å². The molecule has 1 saturated heterocycles. The second-order valence-electron chi connectivity index (χ2n) is 7.30. The fourth-order valence-electron chi connectivity index (χ4n) is 3.82. The molecule has 2 amide bonds. The van der Waals surface area contributed by atoms with Gasteiger partial charge in [-0.2, -0.15) is 0 Å². The second kappa shape index (κ2) is 8.94. The number of nitrogens with one attached hydrogen (secondary N) is 1. The van der Waals surface area contributed by atoms with Crippen LogP contribution >= 0.6 is 23.1 Å². The largest absolute Gasteiger partial charge is 0.378 e. The summed E-state index contributed by atoms with van der Waals surface area (Å²) in [6.45, 7) is 7.47. The highest BCUT2D eigenvalue weighted by Crippen LogP contribution is 2.39. The summed E-state index contributed by atoms with van der Waals surface area (Å²) in [5, 5.41) is 12.4. The maximum atomic E-state index is 12.9. The van der Waals surface area contributed by atoms with Crippen LogP contribution in [0.25, 0.3) is 0 Å². The number of thioether (sulfide) groups is 1. The van der Waals surface area contributed by atoms with E-state index in [1.807, 2.05) is 18.4 Å². The zero-order valence-electron chi connectivity index (χ0n) is 17.1. The van der Waals surface area contributed by atoms with E-state index in [4.69, 9.17) is 10.5 Å². The first-order chi connectivity index (χ1) is 14.5. The summed E-state index contributed by atoms with van der Waals surface area (Å²) in [6, 6.07) is 0. The molecule has 1 fully saturated rings. The molecule has 0 radical (unpaired) electrons. The Balaban J connectivity index is 1.47. The van der Waals surface area contributed by atoms with Crippen LogP contribution in [0, 0.1) is 0 Å². The summed E-state index contributed by atoms with van der Waals surface area (Å²) in [7, 11) is 0. The molecule has 30 heavy (non-hydrogen) atoms. The maximum absolute atomic E-state index is 12.9. The average Bonchev–Trinajstić information content (AvgIpc) is 3.42. The number of anilines is 2. The van der Waals surface area contributed by atoms with E-state index in [1.54, 1.807) is 0 Å². The lowest BCUT2D eigenvalue weighted by atomic mass is 10.1. The Morgan fingerprint density at radius 2 is 2.07 bits per heavy atom. The Morgan fingerprint density at radius 1 is 1.30 bits per heavy atom. The zero-order valence-corrected chi connectivity index (χ0v) is 18.8. The predicted molar refractivity (Wildman–Crippen MR) is 118 cm³/mol. The molecule has 4 rings (SSSR count). The van der Waals surface area contributed by atoms with E-state index < -0.39 is 11.2 Å². The van der Waals surface area contributed by atoms with E-state index >= 15 is 0 Å². The number of primary amides is 1. The standard InChI is InChI=1S/C19H26N6O3S2/c1-3-25-18(24-7-9-28-10-8-24)22-23-19(25)29-11(2)16(27)21-17-14(15(20)26)12-5-4-6-13(12)30-17/h11H,3-10H2,1-2H3,(H2,20,26)(H,21,27). The van der Waals surface area contributed by atoms with Gasteiger partial charge in [-0.3, -0.25) is 14.2 Å². The molecule has 3 N–H and O–H groups in total. The number of aryl methyl sites for hydroxylation is 1.